The quantitative estimate of drug-likeness (QED) is 0.484. The molecule has 0 saturated carbocycles. The van der Waals surface area contributed by atoms with Crippen molar-refractivity contribution in [2.75, 3.05) is 0 Å². The molecule has 0 radical (unpaired) electrons. The fraction of sp³-hybridized carbons (Fsp3) is 0.222. The fourth-order valence-corrected chi connectivity index (χ4v) is 6.63. The molecule has 20 heavy (non-hydrogen) atoms. The highest BCUT2D eigenvalue weighted by Crippen LogP contribution is 2.46. The summed E-state index contributed by atoms with van der Waals surface area (Å²) in [6, 6.07) is 9.31. The van der Waals surface area contributed by atoms with E-state index in [-0.39, 0.29) is 15.1 Å². The number of hydrogen-bond acceptors (Lipinski definition) is 0. The van der Waals surface area contributed by atoms with Gasteiger partial charge in [0.15, 0.2) is 0 Å². The lowest BCUT2D eigenvalue weighted by Gasteiger charge is -2.02. The van der Waals surface area contributed by atoms with E-state index < -0.39 is 0 Å². The molecular formula is C18H20P2. The fourth-order valence-electron chi connectivity index (χ4n) is 2.41. The SMILES string of the molecule is Cc1cp(-c2ccc(-p3cc(C)c(C)c3)cc2)cc1C. The molecule has 0 bridgehead atoms. The largest absolute Gasteiger partial charge is 0.0929 e. The summed E-state index contributed by atoms with van der Waals surface area (Å²) in [7, 11) is -0.418. The molecule has 1 aromatic carbocycles. The van der Waals surface area contributed by atoms with Crippen LogP contribution in [0.15, 0.2) is 47.5 Å². The topological polar surface area (TPSA) is 0 Å². The van der Waals surface area contributed by atoms with Crippen LogP contribution in [0.4, 0.5) is 0 Å². The zero-order chi connectivity index (χ0) is 14.3. The van der Waals surface area contributed by atoms with E-state index in [2.05, 4.69) is 75.2 Å². The first-order valence-corrected chi connectivity index (χ1v) is 9.92. The average molecular weight is 298 g/mol. The number of rotatable bonds is 2. The van der Waals surface area contributed by atoms with Crippen molar-refractivity contribution in [3.8, 4) is 10.6 Å². The Kier molecular flexibility index (Phi) is 3.63. The predicted molar refractivity (Wildman–Crippen MR) is 93.5 cm³/mol. The second-order valence-electron chi connectivity index (χ2n) is 5.58. The molecular weight excluding hydrogens is 278 g/mol. The van der Waals surface area contributed by atoms with Gasteiger partial charge in [-0.25, -0.2) is 0 Å². The van der Waals surface area contributed by atoms with Crippen molar-refractivity contribution in [3.63, 3.8) is 0 Å². The molecule has 0 fully saturated rings. The van der Waals surface area contributed by atoms with Crippen molar-refractivity contribution in [3.05, 3.63) is 69.7 Å². The highest BCUT2D eigenvalue weighted by Gasteiger charge is 2.05. The first-order valence-electron chi connectivity index (χ1n) is 6.96. The van der Waals surface area contributed by atoms with Crippen molar-refractivity contribution in [2.45, 2.75) is 27.7 Å². The molecule has 102 valence electrons. The highest BCUT2D eigenvalue weighted by molar-refractivity contribution is 7.56. The van der Waals surface area contributed by atoms with Gasteiger partial charge in [-0.05, 0) is 108 Å². The summed E-state index contributed by atoms with van der Waals surface area (Å²) in [4.78, 5) is 0. The molecule has 0 nitrogen and oxygen atoms in total. The van der Waals surface area contributed by atoms with Crippen LogP contribution in [0, 0.1) is 27.7 Å². The second-order valence-corrected chi connectivity index (χ2v) is 9.27. The van der Waals surface area contributed by atoms with Crippen molar-refractivity contribution >= 4 is 15.1 Å². The van der Waals surface area contributed by atoms with Gasteiger partial charge >= 0.3 is 0 Å². The first kappa shape index (κ1) is 13.7. The summed E-state index contributed by atoms with van der Waals surface area (Å²) >= 11 is 0. The van der Waals surface area contributed by atoms with Gasteiger partial charge in [-0.3, -0.25) is 0 Å². The van der Waals surface area contributed by atoms with Crippen LogP contribution >= 0.6 is 15.1 Å². The van der Waals surface area contributed by atoms with E-state index in [1.54, 1.807) is 0 Å². The van der Waals surface area contributed by atoms with Crippen LogP contribution in [0.1, 0.15) is 22.3 Å². The molecule has 0 spiro atoms. The molecule has 0 aliphatic rings. The van der Waals surface area contributed by atoms with E-state index >= 15 is 0 Å². The van der Waals surface area contributed by atoms with Crippen LogP contribution < -0.4 is 0 Å². The Morgan fingerprint density at radius 1 is 0.500 bits per heavy atom. The van der Waals surface area contributed by atoms with Gasteiger partial charge in [0, 0.05) is 0 Å². The maximum Gasteiger partial charge on any atom is -0.00210 e. The van der Waals surface area contributed by atoms with Gasteiger partial charge in [-0.1, -0.05) is 15.1 Å². The lowest BCUT2D eigenvalue weighted by molar-refractivity contribution is 1.41. The minimum atomic E-state index is -0.209. The predicted octanol–water partition coefficient (Wildman–Crippen LogP) is 6.87. The maximum absolute atomic E-state index is 2.43. The van der Waals surface area contributed by atoms with Crippen molar-refractivity contribution in [1.82, 2.24) is 0 Å². The molecule has 0 saturated heterocycles. The van der Waals surface area contributed by atoms with Gasteiger partial charge in [-0.2, -0.15) is 0 Å². The third-order valence-corrected chi connectivity index (χ3v) is 8.47. The van der Waals surface area contributed by atoms with Gasteiger partial charge in [0.2, 0.25) is 0 Å². The van der Waals surface area contributed by atoms with Gasteiger partial charge in [0.25, 0.3) is 0 Å². The van der Waals surface area contributed by atoms with E-state index in [9.17, 15) is 0 Å². The van der Waals surface area contributed by atoms with Gasteiger partial charge in [0.1, 0.15) is 0 Å². The number of hydrogen-bond donors (Lipinski definition) is 0. The molecule has 0 aliphatic heterocycles. The molecule has 2 heterocycles. The third kappa shape index (κ3) is 2.51. The first-order chi connectivity index (χ1) is 9.54. The summed E-state index contributed by atoms with van der Waals surface area (Å²) in [6.45, 7) is 8.85. The van der Waals surface area contributed by atoms with E-state index in [1.807, 2.05) is 0 Å². The second kappa shape index (κ2) is 5.28. The molecule has 0 atom stereocenters. The Bertz CT molecular complexity index is 638. The third-order valence-electron chi connectivity index (χ3n) is 4.02. The van der Waals surface area contributed by atoms with Gasteiger partial charge < -0.3 is 0 Å². The average Bonchev–Trinajstić information content (AvgIpc) is 2.94. The molecule has 2 heteroatoms. The van der Waals surface area contributed by atoms with Gasteiger partial charge in [-0.15, -0.1) is 0 Å². The molecule has 0 unspecified atom stereocenters. The molecule has 0 aliphatic carbocycles. The minimum Gasteiger partial charge on any atom is -0.0929 e. The van der Waals surface area contributed by atoms with E-state index in [0.717, 1.165) is 0 Å². The highest BCUT2D eigenvalue weighted by atomic mass is 31.1. The molecule has 3 rings (SSSR count). The Hall–Kier alpha value is -1.22. The number of benzene rings is 1. The van der Waals surface area contributed by atoms with Crippen LogP contribution in [-0.2, 0) is 0 Å². The monoisotopic (exact) mass is 298 g/mol. The Morgan fingerprint density at radius 3 is 1.00 bits per heavy atom. The zero-order valence-corrected chi connectivity index (χ0v) is 14.3. The maximum atomic E-state index is 2.43. The van der Waals surface area contributed by atoms with E-state index in [4.69, 9.17) is 0 Å². The van der Waals surface area contributed by atoms with Crippen LogP contribution in [0.25, 0.3) is 10.6 Å². The summed E-state index contributed by atoms with van der Waals surface area (Å²) in [5.74, 6) is 9.70. The molecule has 0 amide bonds. The van der Waals surface area contributed by atoms with Crippen molar-refractivity contribution in [2.24, 2.45) is 0 Å². The summed E-state index contributed by atoms with van der Waals surface area (Å²) < 4.78 is 0. The van der Waals surface area contributed by atoms with Crippen LogP contribution in [-0.4, -0.2) is 0 Å². The van der Waals surface area contributed by atoms with Crippen LogP contribution in [0.5, 0.6) is 0 Å². The van der Waals surface area contributed by atoms with Gasteiger partial charge in [0.05, 0.1) is 0 Å². The molecule has 0 N–H and O–H groups in total. The van der Waals surface area contributed by atoms with E-state index in [1.165, 1.54) is 32.9 Å². The summed E-state index contributed by atoms with van der Waals surface area (Å²) in [6.07, 6.45) is 0. The van der Waals surface area contributed by atoms with Crippen molar-refractivity contribution < 1.29 is 0 Å². The smallest absolute Gasteiger partial charge is 0.00210 e. The summed E-state index contributed by atoms with van der Waals surface area (Å²) in [5, 5.41) is 2.94. The number of aryl methyl sites for hydroxylation is 4. The van der Waals surface area contributed by atoms with E-state index in [0.29, 0.717) is 0 Å². The lowest BCUT2D eigenvalue weighted by Crippen LogP contribution is -1.66. The Labute approximate surface area is 123 Å². The normalized spacial score (nSPS) is 11.0. The minimum absolute atomic E-state index is 0.209. The van der Waals surface area contributed by atoms with Crippen molar-refractivity contribution in [1.29, 1.82) is 0 Å². The lowest BCUT2D eigenvalue weighted by atomic mass is 10.2. The summed E-state index contributed by atoms with van der Waals surface area (Å²) in [5.41, 5.74) is 5.77. The van der Waals surface area contributed by atoms with Crippen LogP contribution in [0.3, 0.4) is 0 Å². The Morgan fingerprint density at radius 2 is 0.750 bits per heavy atom. The Balaban J connectivity index is 1.95. The molecule has 2 aromatic heterocycles. The molecule has 3 aromatic rings. The zero-order valence-electron chi connectivity index (χ0n) is 12.5. The standard InChI is InChI=1S/C18H20P2/c1-13-9-19(10-14(13)2)17-5-7-18(8-6-17)20-11-15(3)16(4)12-20/h5-12H,1-4H3. The van der Waals surface area contributed by atoms with Crippen LogP contribution in [0.2, 0.25) is 0 Å².